The number of aromatic nitrogens is 3. The van der Waals surface area contributed by atoms with Crippen molar-refractivity contribution in [1.82, 2.24) is 19.7 Å². The summed E-state index contributed by atoms with van der Waals surface area (Å²) in [6, 6.07) is 7.72. The van der Waals surface area contributed by atoms with Gasteiger partial charge in [-0.15, -0.1) is 10.2 Å². The summed E-state index contributed by atoms with van der Waals surface area (Å²) >= 11 is 1.41. The van der Waals surface area contributed by atoms with Gasteiger partial charge < -0.3 is 13.7 Å². The molecular weight excluding hydrogens is 364 g/mol. The Kier molecular flexibility index (Phi) is 5.33. The predicted octanol–water partition coefficient (Wildman–Crippen LogP) is 3.67. The van der Waals surface area contributed by atoms with E-state index in [9.17, 15) is 4.79 Å². The van der Waals surface area contributed by atoms with Crippen LogP contribution in [0.25, 0.3) is 11.6 Å². The highest BCUT2D eigenvalue weighted by molar-refractivity contribution is 7.99. The topological polar surface area (TPSA) is 77.3 Å². The van der Waals surface area contributed by atoms with Crippen LogP contribution in [-0.4, -0.2) is 43.9 Å². The first-order valence-electron chi connectivity index (χ1n) is 9.14. The summed E-state index contributed by atoms with van der Waals surface area (Å²) in [7, 11) is 0. The summed E-state index contributed by atoms with van der Waals surface area (Å²) in [6.45, 7) is 3.44. The van der Waals surface area contributed by atoms with Crippen LogP contribution in [0.15, 0.2) is 50.8 Å². The molecule has 8 heteroatoms. The third-order valence-corrected chi connectivity index (χ3v) is 5.75. The lowest BCUT2D eigenvalue weighted by Gasteiger charge is -2.33. The molecule has 0 unspecified atom stereocenters. The Bertz CT molecular complexity index is 873. The second-order valence-corrected chi connectivity index (χ2v) is 7.61. The Morgan fingerprint density at radius 3 is 2.81 bits per heavy atom. The number of rotatable bonds is 6. The number of piperidine rings is 1. The predicted molar refractivity (Wildman–Crippen MR) is 101 cm³/mol. The van der Waals surface area contributed by atoms with E-state index in [1.807, 2.05) is 33.7 Å². The molecule has 0 bridgehead atoms. The molecule has 27 heavy (non-hydrogen) atoms. The highest BCUT2D eigenvalue weighted by Crippen LogP contribution is 2.26. The molecule has 0 saturated carbocycles. The van der Waals surface area contributed by atoms with Crippen LogP contribution in [0.4, 0.5) is 0 Å². The molecule has 3 aromatic rings. The number of furan rings is 2. The van der Waals surface area contributed by atoms with Crippen molar-refractivity contribution in [3.8, 4) is 11.6 Å². The molecule has 4 rings (SSSR count). The highest BCUT2D eigenvalue weighted by Gasteiger charge is 2.24. The van der Waals surface area contributed by atoms with Gasteiger partial charge in [0.05, 0.1) is 24.8 Å². The monoisotopic (exact) mass is 386 g/mol. The molecule has 1 atom stereocenters. The molecular formula is C19H22N4O3S. The average Bonchev–Trinajstić information content (AvgIpc) is 3.43. The Hall–Kier alpha value is -2.48. The minimum Gasteiger partial charge on any atom is -0.467 e. The maximum Gasteiger partial charge on any atom is 0.233 e. The van der Waals surface area contributed by atoms with E-state index >= 15 is 0 Å². The molecule has 0 aromatic carbocycles. The highest BCUT2D eigenvalue weighted by atomic mass is 32.2. The van der Waals surface area contributed by atoms with E-state index in [0.29, 0.717) is 35.1 Å². The van der Waals surface area contributed by atoms with Gasteiger partial charge in [-0.05, 0) is 50.5 Å². The van der Waals surface area contributed by atoms with Crippen molar-refractivity contribution >= 4 is 17.7 Å². The number of nitrogens with zero attached hydrogens (tertiary/aromatic N) is 4. The third kappa shape index (κ3) is 3.95. The summed E-state index contributed by atoms with van der Waals surface area (Å²) in [5.41, 5.74) is 0. The third-order valence-electron chi connectivity index (χ3n) is 4.80. The van der Waals surface area contributed by atoms with Gasteiger partial charge in [0.2, 0.25) is 11.7 Å². The molecule has 7 nitrogen and oxygen atoms in total. The summed E-state index contributed by atoms with van der Waals surface area (Å²) < 4.78 is 12.9. The van der Waals surface area contributed by atoms with Gasteiger partial charge in [0.15, 0.2) is 10.9 Å². The van der Waals surface area contributed by atoms with Crippen LogP contribution in [0, 0.1) is 0 Å². The van der Waals surface area contributed by atoms with Crippen LogP contribution in [0.1, 0.15) is 31.9 Å². The SMILES string of the molecule is C[C@@H]1CCCCN1C(=O)CSc1nnc(-c2ccco2)n1Cc1ccco1. The van der Waals surface area contributed by atoms with Gasteiger partial charge in [0.25, 0.3) is 0 Å². The fraction of sp³-hybridized carbons (Fsp3) is 0.421. The van der Waals surface area contributed by atoms with Crippen LogP contribution in [0.3, 0.4) is 0 Å². The zero-order valence-corrected chi connectivity index (χ0v) is 16.0. The number of amides is 1. The maximum absolute atomic E-state index is 12.7. The number of thioether (sulfide) groups is 1. The summed E-state index contributed by atoms with van der Waals surface area (Å²) in [6.07, 6.45) is 6.60. The first-order chi connectivity index (χ1) is 13.2. The van der Waals surface area contributed by atoms with Gasteiger partial charge in [-0.25, -0.2) is 0 Å². The van der Waals surface area contributed by atoms with Crippen LogP contribution >= 0.6 is 11.8 Å². The number of carbonyl (C=O) groups is 1. The van der Waals surface area contributed by atoms with E-state index in [4.69, 9.17) is 8.83 Å². The molecule has 1 aliphatic heterocycles. The fourth-order valence-corrected chi connectivity index (χ4v) is 4.19. The molecule has 0 N–H and O–H groups in total. The summed E-state index contributed by atoms with van der Waals surface area (Å²) in [4.78, 5) is 14.6. The Morgan fingerprint density at radius 2 is 2.07 bits per heavy atom. The van der Waals surface area contributed by atoms with E-state index in [0.717, 1.165) is 25.1 Å². The molecule has 3 aromatic heterocycles. The minimum atomic E-state index is 0.152. The molecule has 0 spiro atoms. The fourth-order valence-electron chi connectivity index (χ4n) is 3.36. The van der Waals surface area contributed by atoms with Gasteiger partial charge >= 0.3 is 0 Å². The van der Waals surface area contributed by atoms with Gasteiger partial charge in [0, 0.05) is 12.6 Å². The first kappa shape index (κ1) is 17.9. The molecule has 142 valence electrons. The quantitative estimate of drug-likeness (QED) is 0.602. The van der Waals surface area contributed by atoms with Crippen LogP contribution < -0.4 is 0 Å². The summed E-state index contributed by atoms with van der Waals surface area (Å²) in [5.74, 6) is 2.55. The minimum absolute atomic E-state index is 0.152. The van der Waals surface area contributed by atoms with Gasteiger partial charge in [-0.2, -0.15) is 0 Å². The van der Waals surface area contributed by atoms with Crippen LogP contribution in [0.5, 0.6) is 0 Å². The van der Waals surface area contributed by atoms with E-state index in [2.05, 4.69) is 17.1 Å². The lowest BCUT2D eigenvalue weighted by Crippen LogP contribution is -2.43. The van der Waals surface area contributed by atoms with Crippen LogP contribution in [-0.2, 0) is 11.3 Å². The normalized spacial score (nSPS) is 17.4. The van der Waals surface area contributed by atoms with Crippen molar-refractivity contribution in [2.45, 2.75) is 43.9 Å². The Morgan fingerprint density at radius 1 is 1.22 bits per heavy atom. The van der Waals surface area contributed by atoms with E-state index in [1.54, 1.807) is 12.5 Å². The number of carbonyl (C=O) groups excluding carboxylic acids is 1. The second kappa shape index (κ2) is 8.04. The van der Waals surface area contributed by atoms with Crippen molar-refractivity contribution in [2.24, 2.45) is 0 Å². The zero-order valence-electron chi connectivity index (χ0n) is 15.2. The van der Waals surface area contributed by atoms with Gasteiger partial charge in [-0.3, -0.25) is 9.36 Å². The molecule has 1 amide bonds. The number of hydrogen-bond donors (Lipinski definition) is 0. The lowest BCUT2D eigenvalue weighted by atomic mass is 10.0. The summed E-state index contributed by atoms with van der Waals surface area (Å²) in [5, 5.41) is 9.25. The lowest BCUT2D eigenvalue weighted by molar-refractivity contribution is -0.131. The van der Waals surface area contributed by atoms with E-state index < -0.39 is 0 Å². The number of likely N-dealkylation sites (tertiary alicyclic amines) is 1. The van der Waals surface area contributed by atoms with E-state index in [1.165, 1.54) is 18.2 Å². The molecule has 1 saturated heterocycles. The Balaban J connectivity index is 1.52. The molecule has 1 aliphatic rings. The first-order valence-corrected chi connectivity index (χ1v) is 10.1. The molecule has 0 radical (unpaired) electrons. The second-order valence-electron chi connectivity index (χ2n) is 6.67. The number of hydrogen-bond acceptors (Lipinski definition) is 6. The zero-order chi connectivity index (χ0) is 18.6. The van der Waals surface area contributed by atoms with Crippen molar-refractivity contribution in [1.29, 1.82) is 0 Å². The van der Waals surface area contributed by atoms with Gasteiger partial charge in [0.1, 0.15) is 5.76 Å². The van der Waals surface area contributed by atoms with Gasteiger partial charge in [-0.1, -0.05) is 11.8 Å². The molecule has 0 aliphatic carbocycles. The van der Waals surface area contributed by atoms with Crippen molar-refractivity contribution in [3.63, 3.8) is 0 Å². The molecule has 1 fully saturated rings. The van der Waals surface area contributed by atoms with Crippen molar-refractivity contribution in [3.05, 3.63) is 42.6 Å². The smallest absolute Gasteiger partial charge is 0.233 e. The maximum atomic E-state index is 12.7. The van der Waals surface area contributed by atoms with Crippen molar-refractivity contribution in [2.75, 3.05) is 12.3 Å². The van der Waals surface area contributed by atoms with Crippen molar-refractivity contribution < 1.29 is 13.6 Å². The largest absolute Gasteiger partial charge is 0.467 e. The average molecular weight is 386 g/mol. The van der Waals surface area contributed by atoms with E-state index in [-0.39, 0.29) is 5.91 Å². The molecule has 4 heterocycles. The van der Waals surface area contributed by atoms with Crippen LogP contribution in [0.2, 0.25) is 0 Å². The Labute approximate surface area is 161 Å². The standard InChI is InChI=1S/C19H22N4O3S/c1-14-6-2-3-9-22(14)17(24)13-27-19-21-20-18(16-8-5-11-26-16)23(19)12-15-7-4-10-25-15/h4-5,7-8,10-11,14H,2-3,6,9,12-13H2,1H3/t14-/m1/s1.